The number of hydrogen-bond acceptors (Lipinski definition) is 1. The van der Waals surface area contributed by atoms with Gasteiger partial charge in [0.2, 0.25) is 0 Å². The van der Waals surface area contributed by atoms with E-state index in [0.29, 0.717) is 7.11 Å². The van der Waals surface area contributed by atoms with E-state index in [1.54, 1.807) is 0 Å². The van der Waals surface area contributed by atoms with Crippen LogP contribution < -0.4 is 18.9 Å². The van der Waals surface area contributed by atoms with Gasteiger partial charge in [0, 0.05) is 7.11 Å². The predicted molar refractivity (Wildman–Crippen MR) is 19.1 cm³/mol. The average molecular weight is 140 g/mol. The van der Waals surface area contributed by atoms with Crippen LogP contribution in [0.2, 0.25) is 0 Å². The molecule has 0 aromatic heterocycles. The Kier molecular flexibility index (Phi) is 5.53. The molecule has 1 nitrogen and oxygen atoms in total. The van der Waals surface area contributed by atoms with Crippen LogP contribution in [0.3, 0.4) is 0 Å². The molecule has 0 spiro atoms. The number of alkyl halides is 4. The van der Waals surface area contributed by atoms with E-state index in [1.807, 2.05) is 0 Å². The molecule has 0 amide bonds. The second kappa shape index (κ2) is 4.15. The molecule has 0 atom stereocenters. The van der Waals surface area contributed by atoms with Gasteiger partial charge >= 0.3 is 31.4 Å². The van der Waals surface area contributed by atoms with Crippen molar-refractivity contribution in [3.05, 3.63) is 0 Å². The maximum absolute atomic E-state index is 11.3. The first-order valence-electron chi connectivity index (χ1n) is 1.72. The van der Waals surface area contributed by atoms with Crippen molar-refractivity contribution in [2.45, 2.75) is 12.5 Å². The quantitative estimate of drug-likeness (QED) is 0.339. The van der Waals surface area contributed by atoms with Gasteiger partial charge < -0.3 is 6.16 Å². The summed E-state index contributed by atoms with van der Waals surface area (Å²) in [6.45, 7) is 0. The molecule has 0 heterocycles. The van der Waals surface area contributed by atoms with Crippen LogP contribution in [-0.2, 0) is 4.74 Å². The van der Waals surface area contributed by atoms with E-state index < -0.39 is 12.5 Å². The molecule has 6 heteroatoms. The van der Waals surface area contributed by atoms with Crippen LogP contribution in [0.4, 0.5) is 17.6 Å². The van der Waals surface area contributed by atoms with E-state index in [2.05, 4.69) is 4.74 Å². The van der Waals surface area contributed by atoms with Crippen molar-refractivity contribution in [1.29, 1.82) is 0 Å². The first-order valence-corrected chi connectivity index (χ1v) is 1.72. The summed E-state index contributed by atoms with van der Waals surface area (Å²) in [5, 5.41) is 0. The fraction of sp³-hybridized carbons (Fsp3) is 1.00. The fourth-order valence-corrected chi connectivity index (χ4v) is 0.0891. The van der Waals surface area contributed by atoms with Crippen molar-refractivity contribution in [2.24, 2.45) is 0 Å². The summed E-state index contributed by atoms with van der Waals surface area (Å²) < 4.78 is 47.6. The summed E-state index contributed by atoms with van der Waals surface area (Å²) in [6.07, 6.45) is -8.03. The van der Waals surface area contributed by atoms with Crippen molar-refractivity contribution in [3.63, 3.8) is 0 Å². The molecule has 0 saturated carbocycles. The van der Waals surface area contributed by atoms with E-state index in [4.69, 9.17) is 0 Å². The minimum Gasteiger partial charge on any atom is -1.00 e. The molecule has 0 saturated heterocycles. The Morgan fingerprint density at radius 2 is 1.78 bits per heavy atom. The third-order valence-corrected chi connectivity index (χ3v) is 0.526. The molecule has 0 aliphatic rings. The maximum atomic E-state index is 11.3. The van der Waals surface area contributed by atoms with Crippen molar-refractivity contribution in [2.75, 3.05) is 7.11 Å². The number of halogens is 4. The molecule has 0 N–H and O–H groups in total. The maximum Gasteiger partial charge on any atom is 1.00 e. The Morgan fingerprint density at radius 3 is 1.78 bits per heavy atom. The van der Waals surface area contributed by atoms with Crippen LogP contribution >= 0.6 is 0 Å². The van der Waals surface area contributed by atoms with Gasteiger partial charge in [-0.05, 0) is 0 Å². The molecule has 52 valence electrons. The number of rotatable bonds is 2. The van der Waals surface area contributed by atoms with Crippen molar-refractivity contribution in [3.8, 4) is 0 Å². The van der Waals surface area contributed by atoms with Crippen molar-refractivity contribution < 1.29 is 42.6 Å². The van der Waals surface area contributed by atoms with E-state index in [0.717, 1.165) is 0 Å². The third kappa shape index (κ3) is 3.79. The summed E-state index contributed by atoms with van der Waals surface area (Å²) in [7, 11) is 0.520. The SMILES string of the molecule is COC(F)(F)C(F)F.[H-].[Li+]. The zero-order chi connectivity index (χ0) is 6.78. The minimum atomic E-state index is -4.29. The number of hydrogen-bond donors (Lipinski definition) is 0. The van der Waals surface area contributed by atoms with Gasteiger partial charge in [-0.3, -0.25) is 0 Å². The van der Waals surface area contributed by atoms with Gasteiger partial charge in [0.1, 0.15) is 0 Å². The number of methoxy groups -OCH3 is 1. The van der Waals surface area contributed by atoms with Gasteiger partial charge in [-0.2, -0.15) is 8.78 Å². The van der Waals surface area contributed by atoms with Gasteiger partial charge in [-0.25, -0.2) is 8.78 Å². The summed E-state index contributed by atoms with van der Waals surface area (Å²) in [4.78, 5) is 0. The minimum absolute atomic E-state index is 0. The second-order valence-electron chi connectivity index (χ2n) is 1.07. The largest absolute Gasteiger partial charge is 1.00 e. The first kappa shape index (κ1) is 12.0. The van der Waals surface area contributed by atoms with Crippen LogP contribution in [-0.4, -0.2) is 19.6 Å². The van der Waals surface area contributed by atoms with Gasteiger partial charge in [0.15, 0.2) is 0 Å². The monoisotopic (exact) mass is 140 g/mol. The van der Waals surface area contributed by atoms with Crippen molar-refractivity contribution >= 4 is 0 Å². The Hall–Kier alpha value is 0.277. The molecule has 0 aromatic carbocycles. The fourth-order valence-electron chi connectivity index (χ4n) is 0.0891. The molecule has 0 aliphatic heterocycles. The van der Waals surface area contributed by atoms with Crippen LogP contribution in [0, 0.1) is 0 Å². The first-order chi connectivity index (χ1) is 3.50. The molecule has 0 radical (unpaired) electrons. The summed E-state index contributed by atoms with van der Waals surface area (Å²) in [5.41, 5.74) is 0. The molecule has 0 aromatic rings. The zero-order valence-electron chi connectivity index (χ0n) is 6.00. The van der Waals surface area contributed by atoms with E-state index in [-0.39, 0.29) is 20.3 Å². The van der Waals surface area contributed by atoms with Crippen LogP contribution in [0.25, 0.3) is 0 Å². The smallest absolute Gasteiger partial charge is 1.00 e. The average Bonchev–Trinajstić information content (AvgIpc) is 1.67. The van der Waals surface area contributed by atoms with Gasteiger partial charge in [0.05, 0.1) is 0 Å². The predicted octanol–water partition coefficient (Wildman–Crippen LogP) is -1.39. The molecule has 0 bridgehead atoms. The molecular formula is C3H5F4LiO. The normalized spacial score (nSPS) is 11.3. The Balaban J connectivity index is -0.000000245. The Morgan fingerprint density at radius 1 is 1.44 bits per heavy atom. The van der Waals surface area contributed by atoms with Crippen LogP contribution in [0.15, 0.2) is 0 Å². The summed E-state index contributed by atoms with van der Waals surface area (Å²) in [5.74, 6) is 0. The Labute approximate surface area is 63.0 Å². The van der Waals surface area contributed by atoms with E-state index in [1.165, 1.54) is 0 Å². The molecule has 0 fully saturated rings. The van der Waals surface area contributed by atoms with Crippen LogP contribution in [0.5, 0.6) is 0 Å². The van der Waals surface area contributed by atoms with Gasteiger partial charge in [0.25, 0.3) is 0 Å². The third-order valence-electron chi connectivity index (χ3n) is 0.526. The number of ether oxygens (including phenoxy) is 1. The second-order valence-corrected chi connectivity index (χ2v) is 1.07. The van der Waals surface area contributed by atoms with Crippen molar-refractivity contribution in [1.82, 2.24) is 0 Å². The zero-order valence-corrected chi connectivity index (χ0v) is 5.00. The Bertz CT molecular complexity index is 80.9. The van der Waals surface area contributed by atoms with Gasteiger partial charge in [-0.1, -0.05) is 0 Å². The molecule has 9 heavy (non-hydrogen) atoms. The molecule has 0 unspecified atom stereocenters. The van der Waals surface area contributed by atoms with Crippen LogP contribution in [0.1, 0.15) is 1.43 Å². The molecule has 0 aliphatic carbocycles. The van der Waals surface area contributed by atoms with E-state index in [9.17, 15) is 17.6 Å². The standard InChI is InChI=1S/C3H4F4O.Li.H/c1-8-3(6,7)2(4)5;;/h2H,1H3;;/q;+1;-1. The topological polar surface area (TPSA) is 9.23 Å². The summed E-state index contributed by atoms with van der Waals surface area (Å²) in [6, 6.07) is 0. The summed E-state index contributed by atoms with van der Waals surface area (Å²) >= 11 is 0. The van der Waals surface area contributed by atoms with Gasteiger partial charge in [-0.15, -0.1) is 0 Å². The molecule has 0 rings (SSSR count). The molecular weight excluding hydrogens is 135 g/mol. The van der Waals surface area contributed by atoms with E-state index >= 15 is 0 Å².